The highest BCUT2D eigenvalue weighted by Crippen LogP contribution is 2.39. The van der Waals surface area contributed by atoms with E-state index in [0.717, 1.165) is 64.2 Å². The number of hydrogen-bond acceptors (Lipinski definition) is 4. The minimum atomic E-state index is -0.432. The van der Waals surface area contributed by atoms with Crippen LogP contribution < -0.4 is 10.5 Å². The quantitative estimate of drug-likeness (QED) is 0.755. The summed E-state index contributed by atoms with van der Waals surface area (Å²) in [4.78, 5) is 28.2. The number of amides is 2. The molecule has 2 amide bonds. The molecule has 6 heteroatoms. The maximum Gasteiger partial charge on any atom is 0.248 e. The lowest BCUT2D eigenvalue weighted by Gasteiger charge is -2.39. The van der Waals surface area contributed by atoms with Crippen LogP contribution >= 0.6 is 0 Å². The summed E-state index contributed by atoms with van der Waals surface area (Å²) in [6, 6.07) is 6.89. The van der Waals surface area contributed by atoms with Crippen molar-refractivity contribution in [2.75, 3.05) is 39.3 Å². The van der Waals surface area contributed by atoms with Gasteiger partial charge in [-0.25, -0.2) is 0 Å². The smallest absolute Gasteiger partial charge is 0.248 e. The molecule has 0 aromatic heterocycles. The molecule has 2 aliphatic heterocycles. The number of ether oxygens (including phenoxy) is 1. The molecule has 2 fully saturated rings. The Morgan fingerprint density at radius 2 is 2.00 bits per heavy atom. The summed E-state index contributed by atoms with van der Waals surface area (Å²) >= 11 is 0. The van der Waals surface area contributed by atoms with E-state index >= 15 is 0 Å². The minimum absolute atomic E-state index is 0.139. The highest BCUT2D eigenvalue weighted by Gasteiger charge is 2.47. The van der Waals surface area contributed by atoms with Crippen molar-refractivity contribution in [3.05, 3.63) is 29.8 Å². The van der Waals surface area contributed by atoms with E-state index in [4.69, 9.17) is 10.5 Å². The molecule has 2 saturated heterocycles. The van der Waals surface area contributed by atoms with Crippen LogP contribution in [0.15, 0.2) is 24.3 Å². The molecular formula is C20H29N3O3. The van der Waals surface area contributed by atoms with Gasteiger partial charge >= 0.3 is 0 Å². The first-order chi connectivity index (χ1) is 12.5. The van der Waals surface area contributed by atoms with Gasteiger partial charge in [0.25, 0.3) is 0 Å². The van der Waals surface area contributed by atoms with Crippen LogP contribution in [0.4, 0.5) is 0 Å². The molecule has 0 saturated carbocycles. The van der Waals surface area contributed by atoms with Crippen molar-refractivity contribution in [2.24, 2.45) is 11.1 Å². The van der Waals surface area contributed by atoms with Crippen LogP contribution in [0, 0.1) is 5.41 Å². The van der Waals surface area contributed by atoms with E-state index in [0.29, 0.717) is 18.1 Å². The number of nitrogens with two attached hydrogens (primary N) is 1. The summed E-state index contributed by atoms with van der Waals surface area (Å²) in [6.07, 6.45) is 4.05. The predicted octanol–water partition coefficient (Wildman–Crippen LogP) is 1.89. The molecule has 2 N–H and O–H groups in total. The predicted molar refractivity (Wildman–Crippen MR) is 100 cm³/mol. The van der Waals surface area contributed by atoms with Crippen molar-refractivity contribution in [3.8, 4) is 5.75 Å². The minimum Gasteiger partial charge on any atom is -0.494 e. The summed E-state index contributed by atoms with van der Waals surface area (Å²) < 4.78 is 5.74. The molecule has 3 rings (SSSR count). The Labute approximate surface area is 155 Å². The fraction of sp³-hybridized carbons (Fsp3) is 0.600. The number of nitrogens with zero attached hydrogens (tertiary/aromatic N) is 2. The number of carbonyl (C=O) groups is 2. The van der Waals surface area contributed by atoms with Crippen molar-refractivity contribution < 1.29 is 14.3 Å². The second-order valence-electron chi connectivity index (χ2n) is 7.39. The summed E-state index contributed by atoms with van der Waals surface area (Å²) in [5.41, 5.74) is 5.57. The van der Waals surface area contributed by atoms with Crippen LogP contribution in [0.1, 0.15) is 43.0 Å². The van der Waals surface area contributed by atoms with Crippen LogP contribution in [-0.2, 0) is 4.79 Å². The van der Waals surface area contributed by atoms with Crippen LogP contribution in [0.5, 0.6) is 5.75 Å². The highest BCUT2D eigenvalue weighted by molar-refractivity contribution is 5.92. The molecule has 1 atom stereocenters. The van der Waals surface area contributed by atoms with Gasteiger partial charge in [0.2, 0.25) is 11.8 Å². The zero-order valence-electron chi connectivity index (χ0n) is 15.6. The van der Waals surface area contributed by atoms with Crippen molar-refractivity contribution in [2.45, 2.75) is 32.6 Å². The molecule has 1 aromatic rings. The molecule has 0 bridgehead atoms. The fourth-order valence-corrected chi connectivity index (χ4v) is 4.18. The Morgan fingerprint density at radius 1 is 1.23 bits per heavy atom. The van der Waals surface area contributed by atoms with Crippen LogP contribution in [0.25, 0.3) is 0 Å². The van der Waals surface area contributed by atoms with E-state index in [2.05, 4.69) is 11.8 Å². The van der Waals surface area contributed by atoms with E-state index < -0.39 is 5.91 Å². The summed E-state index contributed by atoms with van der Waals surface area (Å²) in [7, 11) is 0. The Kier molecular flexibility index (Phi) is 5.81. The largest absolute Gasteiger partial charge is 0.494 e. The van der Waals surface area contributed by atoms with Crippen LogP contribution in [0.3, 0.4) is 0 Å². The van der Waals surface area contributed by atoms with Gasteiger partial charge in [0.1, 0.15) is 5.75 Å². The number of rotatable bonds is 7. The fourth-order valence-electron chi connectivity index (χ4n) is 4.18. The van der Waals surface area contributed by atoms with Gasteiger partial charge in [-0.3, -0.25) is 9.59 Å². The lowest BCUT2D eigenvalue weighted by molar-refractivity contribution is -0.145. The Morgan fingerprint density at radius 3 is 2.69 bits per heavy atom. The number of piperidine rings is 1. The normalized spacial score (nSPS) is 23.6. The standard InChI is InChI=1S/C20H29N3O3/c1-2-23-12-3-9-20(19(23)25)10-13-22(15-20)11-4-14-26-17-7-5-16(6-8-17)18(21)24/h5-8H,2-4,9-15H2,1H3,(H2,21,24)/t20-/m1/s1. The number of hydrogen-bond donors (Lipinski definition) is 1. The Bertz CT molecular complexity index is 646. The third kappa shape index (κ3) is 4.01. The van der Waals surface area contributed by atoms with Gasteiger partial charge in [-0.05, 0) is 63.4 Å². The molecular weight excluding hydrogens is 330 g/mol. The van der Waals surface area contributed by atoms with Crippen molar-refractivity contribution in [1.29, 1.82) is 0 Å². The Hall–Kier alpha value is -2.08. The van der Waals surface area contributed by atoms with Crippen molar-refractivity contribution in [1.82, 2.24) is 9.80 Å². The number of carbonyl (C=O) groups excluding carboxylic acids is 2. The van der Waals surface area contributed by atoms with Gasteiger partial charge in [0.05, 0.1) is 12.0 Å². The van der Waals surface area contributed by atoms with Gasteiger partial charge < -0.3 is 20.3 Å². The summed E-state index contributed by atoms with van der Waals surface area (Å²) in [6.45, 7) is 7.25. The lowest BCUT2D eigenvalue weighted by atomic mass is 9.78. The number of benzene rings is 1. The van der Waals surface area contributed by atoms with E-state index in [1.54, 1.807) is 24.3 Å². The second-order valence-corrected chi connectivity index (χ2v) is 7.39. The Balaban J connectivity index is 1.42. The first-order valence-corrected chi connectivity index (χ1v) is 9.58. The van der Waals surface area contributed by atoms with Gasteiger partial charge in [-0.2, -0.15) is 0 Å². The molecule has 0 radical (unpaired) electrons. The topological polar surface area (TPSA) is 75.9 Å². The zero-order valence-corrected chi connectivity index (χ0v) is 15.6. The maximum absolute atomic E-state index is 12.8. The first-order valence-electron chi connectivity index (χ1n) is 9.58. The average Bonchev–Trinajstić information content (AvgIpc) is 3.05. The van der Waals surface area contributed by atoms with E-state index in [9.17, 15) is 9.59 Å². The van der Waals surface area contributed by atoms with Crippen molar-refractivity contribution in [3.63, 3.8) is 0 Å². The monoisotopic (exact) mass is 359 g/mol. The van der Waals surface area contributed by atoms with Crippen molar-refractivity contribution >= 4 is 11.8 Å². The molecule has 0 unspecified atom stereocenters. The first kappa shape index (κ1) is 18.7. The SMILES string of the molecule is CCN1CCC[C@]2(CCN(CCCOc3ccc(C(N)=O)cc3)C2)C1=O. The molecule has 1 spiro atoms. The molecule has 6 nitrogen and oxygen atoms in total. The van der Waals surface area contributed by atoms with Gasteiger partial charge in [-0.15, -0.1) is 0 Å². The molecule has 1 aromatic carbocycles. The number of likely N-dealkylation sites (tertiary alicyclic amines) is 2. The van der Waals surface area contributed by atoms with Crippen LogP contribution in [0.2, 0.25) is 0 Å². The molecule has 26 heavy (non-hydrogen) atoms. The summed E-state index contributed by atoms with van der Waals surface area (Å²) in [5, 5.41) is 0. The third-order valence-corrected chi connectivity index (χ3v) is 5.67. The maximum atomic E-state index is 12.8. The highest BCUT2D eigenvalue weighted by atomic mass is 16.5. The summed E-state index contributed by atoms with van der Waals surface area (Å²) in [5.74, 6) is 0.673. The molecule has 2 aliphatic rings. The lowest BCUT2D eigenvalue weighted by Crippen LogP contribution is -2.49. The van der Waals surface area contributed by atoms with E-state index in [-0.39, 0.29) is 5.41 Å². The van der Waals surface area contributed by atoms with E-state index in [1.807, 2.05) is 4.90 Å². The molecule has 0 aliphatic carbocycles. The molecule has 2 heterocycles. The van der Waals surface area contributed by atoms with Gasteiger partial charge in [-0.1, -0.05) is 0 Å². The average molecular weight is 359 g/mol. The van der Waals surface area contributed by atoms with E-state index in [1.165, 1.54) is 0 Å². The number of primary amides is 1. The van der Waals surface area contributed by atoms with Gasteiger partial charge in [0.15, 0.2) is 0 Å². The second kappa shape index (κ2) is 8.08. The third-order valence-electron chi connectivity index (χ3n) is 5.67. The zero-order chi connectivity index (χ0) is 18.6. The van der Waals surface area contributed by atoms with Crippen LogP contribution in [-0.4, -0.2) is 60.9 Å². The van der Waals surface area contributed by atoms with Gasteiger partial charge in [0, 0.05) is 31.7 Å². The molecule has 142 valence electrons.